The first kappa shape index (κ1) is 18.2. The topological polar surface area (TPSA) is 52.8 Å². The summed E-state index contributed by atoms with van der Waals surface area (Å²) >= 11 is 0. The lowest BCUT2D eigenvalue weighted by atomic mass is 9.93. The van der Waals surface area contributed by atoms with Crippen LogP contribution in [0.4, 0.5) is 11.4 Å². The summed E-state index contributed by atoms with van der Waals surface area (Å²) in [5, 5.41) is 0. The number of carbonyl (C=O) groups is 1. The first-order valence-corrected chi connectivity index (χ1v) is 9.65. The number of nitrogen functional groups attached to an aromatic ring is 1. The molecular formula is C20H32N4O. The van der Waals surface area contributed by atoms with Crippen molar-refractivity contribution in [2.75, 3.05) is 63.0 Å². The molecule has 0 aliphatic carbocycles. The summed E-state index contributed by atoms with van der Waals surface area (Å²) in [7, 11) is 0. The standard InChI is InChI=1S/C20H32N4O/c1-17(25)16-23-9-6-18(7-10-23)5-8-22-11-13-24(14-12-22)20-4-2-3-19(21)15-20/h2-4,15,18H,5-14,16,21H2,1H3. The maximum Gasteiger partial charge on any atom is 0.143 e. The lowest BCUT2D eigenvalue weighted by molar-refractivity contribution is -0.118. The van der Waals surface area contributed by atoms with Crippen LogP contribution in [0.3, 0.4) is 0 Å². The van der Waals surface area contributed by atoms with Crippen molar-refractivity contribution in [3.8, 4) is 0 Å². The quantitative estimate of drug-likeness (QED) is 0.801. The van der Waals surface area contributed by atoms with Crippen LogP contribution in [0.2, 0.25) is 0 Å². The number of Topliss-reactive ketones (excluding diaryl/α,β-unsaturated/α-hetero) is 1. The van der Waals surface area contributed by atoms with Crippen LogP contribution in [0.15, 0.2) is 24.3 Å². The Labute approximate surface area is 151 Å². The van der Waals surface area contributed by atoms with Gasteiger partial charge in [0.25, 0.3) is 0 Å². The lowest BCUT2D eigenvalue weighted by Crippen LogP contribution is -2.47. The summed E-state index contributed by atoms with van der Waals surface area (Å²) < 4.78 is 0. The van der Waals surface area contributed by atoms with Gasteiger partial charge in [-0.25, -0.2) is 0 Å². The molecule has 2 N–H and O–H groups in total. The fourth-order valence-corrected chi connectivity index (χ4v) is 4.06. The van der Waals surface area contributed by atoms with Crippen molar-refractivity contribution in [3.05, 3.63) is 24.3 Å². The zero-order valence-corrected chi connectivity index (χ0v) is 15.5. The highest BCUT2D eigenvalue weighted by molar-refractivity contribution is 5.77. The number of nitrogens with two attached hydrogens (primary N) is 1. The maximum absolute atomic E-state index is 11.2. The number of likely N-dealkylation sites (tertiary alicyclic amines) is 1. The Bertz CT molecular complexity index is 561. The molecule has 0 amide bonds. The Morgan fingerprint density at radius 2 is 1.80 bits per heavy atom. The molecule has 0 spiro atoms. The largest absolute Gasteiger partial charge is 0.399 e. The SMILES string of the molecule is CC(=O)CN1CCC(CCN2CCN(c3cccc(N)c3)CC2)CC1. The van der Waals surface area contributed by atoms with Crippen LogP contribution in [-0.2, 0) is 4.79 Å². The summed E-state index contributed by atoms with van der Waals surface area (Å²) in [4.78, 5) is 18.6. The van der Waals surface area contributed by atoms with Gasteiger partial charge < -0.3 is 10.6 Å². The average Bonchev–Trinajstić information content (AvgIpc) is 2.61. The summed E-state index contributed by atoms with van der Waals surface area (Å²) in [6.07, 6.45) is 3.79. The summed E-state index contributed by atoms with van der Waals surface area (Å²) in [5.41, 5.74) is 7.99. The van der Waals surface area contributed by atoms with E-state index in [1.165, 1.54) is 31.5 Å². The van der Waals surface area contributed by atoms with Gasteiger partial charge in [0, 0.05) is 37.6 Å². The Morgan fingerprint density at radius 3 is 2.44 bits per heavy atom. The molecular weight excluding hydrogens is 312 g/mol. The van der Waals surface area contributed by atoms with Crippen LogP contribution in [0, 0.1) is 5.92 Å². The average molecular weight is 345 g/mol. The second kappa shape index (κ2) is 8.68. The van der Waals surface area contributed by atoms with Gasteiger partial charge in [0.2, 0.25) is 0 Å². The van der Waals surface area contributed by atoms with Crippen molar-refractivity contribution in [1.29, 1.82) is 0 Å². The van der Waals surface area contributed by atoms with Crippen LogP contribution < -0.4 is 10.6 Å². The van der Waals surface area contributed by atoms with Crippen molar-refractivity contribution < 1.29 is 4.79 Å². The molecule has 0 unspecified atom stereocenters. The van der Waals surface area contributed by atoms with E-state index >= 15 is 0 Å². The third-order valence-corrected chi connectivity index (χ3v) is 5.61. The molecule has 0 saturated carbocycles. The number of nitrogens with zero attached hydrogens (tertiary/aromatic N) is 3. The molecule has 25 heavy (non-hydrogen) atoms. The minimum Gasteiger partial charge on any atom is -0.399 e. The number of benzene rings is 1. The smallest absolute Gasteiger partial charge is 0.143 e. The van der Waals surface area contributed by atoms with Crippen LogP contribution in [0.1, 0.15) is 26.2 Å². The molecule has 138 valence electrons. The number of piperazine rings is 1. The van der Waals surface area contributed by atoms with Gasteiger partial charge in [-0.1, -0.05) is 6.07 Å². The molecule has 1 aromatic rings. The van der Waals surface area contributed by atoms with Gasteiger partial charge in [0.1, 0.15) is 5.78 Å². The van der Waals surface area contributed by atoms with E-state index in [1.807, 2.05) is 12.1 Å². The first-order valence-electron chi connectivity index (χ1n) is 9.65. The van der Waals surface area contributed by atoms with Crippen molar-refractivity contribution in [2.24, 2.45) is 5.92 Å². The highest BCUT2D eigenvalue weighted by atomic mass is 16.1. The Balaban J connectivity index is 1.35. The van der Waals surface area contributed by atoms with Gasteiger partial charge in [-0.2, -0.15) is 0 Å². The van der Waals surface area contributed by atoms with E-state index in [0.717, 1.165) is 50.9 Å². The first-order chi connectivity index (χ1) is 12.1. The molecule has 2 aliphatic heterocycles. The Kier molecular flexibility index (Phi) is 6.32. The normalized spacial score (nSPS) is 20.8. The summed E-state index contributed by atoms with van der Waals surface area (Å²) in [6, 6.07) is 8.21. The van der Waals surface area contributed by atoms with E-state index in [2.05, 4.69) is 26.8 Å². The molecule has 5 heteroatoms. The number of rotatable bonds is 6. The number of hydrogen-bond donors (Lipinski definition) is 1. The minimum atomic E-state index is 0.288. The van der Waals surface area contributed by atoms with Crippen molar-refractivity contribution >= 4 is 17.2 Å². The summed E-state index contributed by atoms with van der Waals surface area (Å²) in [5.74, 6) is 1.12. The fourth-order valence-electron chi connectivity index (χ4n) is 4.06. The molecule has 2 heterocycles. The highest BCUT2D eigenvalue weighted by Crippen LogP contribution is 2.22. The molecule has 0 aromatic heterocycles. The van der Waals surface area contributed by atoms with Crippen molar-refractivity contribution in [2.45, 2.75) is 26.2 Å². The second-order valence-electron chi connectivity index (χ2n) is 7.63. The molecule has 0 radical (unpaired) electrons. The van der Waals surface area contributed by atoms with Gasteiger partial charge in [-0.3, -0.25) is 14.6 Å². The van der Waals surface area contributed by atoms with E-state index in [0.29, 0.717) is 6.54 Å². The van der Waals surface area contributed by atoms with Crippen LogP contribution >= 0.6 is 0 Å². The molecule has 2 saturated heterocycles. The van der Waals surface area contributed by atoms with E-state index in [9.17, 15) is 4.79 Å². The predicted octanol–water partition coefficient (Wildman–Crippen LogP) is 2.08. The molecule has 2 fully saturated rings. The van der Waals surface area contributed by atoms with Crippen LogP contribution in [0.5, 0.6) is 0 Å². The van der Waals surface area contributed by atoms with E-state index in [1.54, 1.807) is 6.92 Å². The van der Waals surface area contributed by atoms with Gasteiger partial charge in [0.15, 0.2) is 0 Å². The third-order valence-electron chi connectivity index (χ3n) is 5.61. The highest BCUT2D eigenvalue weighted by Gasteiger charge is 2.22. The number of piperidine rings is 1. The van der Waals surface area contributed by atoms with E-state index in [-0.39, 0.29) is 5.78 Å². The molecule has 0 atom stereocenters. The second-order valence-corrected chi connectivity index (χ2v) is 7.63. The fraction of sp³-hybridized carbons (Fsp3) is 0.650. The maximum atomic E-state index is 11.2. The number of anilines is 2. The molecule has 3 rings (SSSR count). The van der Waals surface area contributed by atoms with Crippen molar-refractivity contribution in [1.82, 2.24) is 9.80 Å². The minimum absolute atomic E-state index is 0.288. The molecule has 5 nitrogen and oxygen atoms in total. The Morgan fingerprint density at radius 1 is 1.08 bits per heavy atom. The van der Waals surface area contributed by atoms with Gasteiger partial charge in [-0.15, -0.1) is 0 Å². The van der Waals surface area contributed by atoms with Crippen LogP contribution in [0.25, 0.3) is 0 Å². The molecule has 2 aliphatic rings. The number of ketones is 1. The van der Waals surface area contributed by atoms with E-state index < -0.39 is 0 Å². The zero-order chi connectivity index (χ0) is 17.6. The van der Waals surface area contributed by atoms with Crippen molar-refractivity contribution in [3.63, 3.8) is 0 Å². The van der Waals surface area contributed by atoms with Gasteiger partial charge in [0.05, 0.1) is 6.54 Å². The van der Waals surface area contributed by atoms with Gasteiger partial charge in [-0.05, 0) is 69.9 Å². The third kappa shape index (κ3) is 5.44. The predicted molar refractivity (Wildman–Crippen MR) is 104 cm³/mol. The van der Waals surface area contributed by atoms with E-state index in [4.69, 9.17) is 5.73 Å². The van der Waals surface area contributed by atoms with Crippen LogP contribution in [-0.4, -0.2) is 67.9 Å². The molecule has 1 aromatic carbocycles. The summed E-state index contributed by atoms with van der Waals surface area (Å²) in [6.45, 7) is 10.2. The number of hydrogen-bond acceptors (Lipinski definition) is 5. The lowest BCUT2D eigenvalue weighted by Gasteiger charge is -2.37. The van der Waals surface area contributed by atoms with Gasteiger partial charge >= 0.3 is 0 Å². The number of carbonyl (C=O) groups excluding carboxylic acids is 1. The Hall–Kier alpha value is -1.59. The molecule has 0 bridgehead atoms. The zero-order valence-electron chi connectivity index (χ0n) is 15.5. The monoisotopic (exact) mass is 344 g/mol.